The van der Waals surface area contributed by atoms with Gasteiger partial charge in [-0.3, -0.25) is 4.90 Å². The Hall–Kier alpha value is -0.160. The van der Waals surface area contributed by atoms with Crippen molar-refractivity contribution in [2.45, 2.75) is 18.4 Å². The zero-order chi connectivity index (χ0) is 11.3. The summed E-state index contributed by atoms with van der Waals surface area (Å²) in [7, 11) is 6.38. The zero-order valence-corrected chi connectivity index (χ0v) is 10.3. The third kappa shape index (κ3) is 3.41. The molecule has 15 heavy (non-hydrogen) atoms. The SMILES string of the molecule is CN(C)CCCN(C)C1(CN)CCOC1. The van der Waals surface area contributed by atoms with Gasteiger partial charge in [0.25, 0.3) is 0 Å². The highest BCUT2D eigenvalue weighted by molar-refractivity contribution is 4.93. The van der Waals surface area contributed by atoms with Crippen molar-refractivity contribution in [3.8, 4) is 0 Å². The normalized spacial score (nSPS) is 26.8. The Morgan fingerprint density at radius 3 is 2.47 bits per heavy atom. The summed E-state index contributed by atoms with van der Waals surface area (Å²) in [6.45, 7) is 4.58. The molecule has 0 aromatic heterocycles. The third-order valence-electron chi connectivity index (χ3n) is 3.37. The van der Waals surface area contributed by atoms with Gasteiger partial charge in [-0.1, -0.05) is 0 Å². The fourth-order valence-electron chi connectivity index (χ4n) is 2.08. The number of ether oxygens (including phenoxy) is 1. The van der Waals surface area contributed by atoms with E-state index in [1.54, 1.807) is 0 Å². The molecule has 1 heterocycles. The highest BCUT2D eigenvalue weighted by Crippen LogP contribution is 2.23. The summed E-state index contributed by atoms with van der Waals surface area (Å²) in [6.07, 6.45) is 2.26. The molecule has 0 bridgehead atoms. The van der Waals surface area contributed by atoms with E-state index >= 15 is 0 Å². The molecule has 0 radical (unpaired) electrons. The molecule has 90 valence electrons. The molecule has 1 saturated heterocycles. The summed E-state index contributed by atoms with van der Waals surface area (Å²) < 4.78 is 5.47. The van der Waals surface area contributed by atoms with Crippen LogP contribution in [0.15, 0.2) is 0 Å². The first-order chi connectivity index (χ1) is 7.10. The second kappa shape index (κ2) is 5.80. The summed E-state index contributed by atoms with van der Waals surface area (Å²) in [4.78, 5) is 4.59. The molecule has 1 unspecified atom stereocenters. The lowest BCUT2D eigenvalue weighted by atomic mass is 9.97. The molecule has 1 aliphatic heterocycles. The van der Waals surface area contributed by atoms with Gasteiger partial charge in [0.05, 0.1) is 12.1 Å². The van der Waals surface area contributed by atoms with E-state index in [1.807, 2.05) is 0 Å². The number of hydrogen-bond donors (Lipinski definition) is 1. The third-order valence-corrected chi connectivity index (χ3v) is 3.37. The standard InChI is InChI=1S/C11H25N3O/c1-13(2)6-4-7-14(3)11(9-12)5-8-15-10-11/h4-10,12H2,1-3H3. The average Bonchev–Trinajstić information content (AvgIpc) is 2.66. The Kier molecular flexibility index (Phi) is 4.99. The minimum absolute atomic E-state index is 0.103. The molecule has 1 rings (SSSR count). The molecule has 0 spiro atoms. The topological polar surface area (TPSA) is 41.7 Å². The molecule has 1 aliphatic rings. The fourth-order valence-corrected chi connectivity index (χ4v) is 2.08. The van der Waals surface area contributed by atoms with Crippen LogP contribution < -0.4 is 5.73 Å². The minimum atomic E-state index is 0.103. The van der Waals surface area contributed by atoms with E-state index in [2.05, 4.69) is 30.9 Å². The van der Waals surface area contributed by atoms with E-state index in [0.717, 1.165) is 32.7 Å². The first-order valence-corrected chi connectivity index (χ1v) is 5.74. The average molecular weight is 215 g/mol. The van der Waals surface area contributed by atoms with Crippen LogP contribution in [-0.2, 0) is 4.74 Å². The van der Waals surface area contributed by atoms with Crippen molar-refractivity contribution in [2.24, 2.45) is 5.73 Å². The highest BCUT2D eigenvalue weighted by atomic mass is 16.5. The second-order valence-corrected chi connectivity index (χ2v) is 4.81. The van der Waals surface area contributed by atoms with Crippen LogP contribution >= 0.6 is 0 Å². The van der Waals surface area contributed by atoms with E-state index in [1.165, 1.54) is 6.42 Å². The summed E-state index contributed by atoms with van der Waals surface area (Å²) in [5.74, 6) is 0. The molecular weight excluding hydrogens is 190 g/mol. The van der Waals surface area contributed by atoms with Crippen LogP contribution in [0.3, 0.4) is 0 Å². The maximum atomic E-state index is 5.87. The van der Waals surface area contributed by atoms with Crippen LogP contribution in [0, 0.1) is 0 Å². The van der Waals surface area contributed by atoms with Gasteiger partial charge in [0.2, 0.25) is 0 Å². The van der Waals surface area contributed by atoms with E-state index < -0.39 is 0 Å². The van der Waals surface area contributed by atoms with Crippen LogP contribution in [0.25, 0.3) is 0 Å². The highest BCUT2D eigenvalue weighted by Gasteiger charge is 2.36. The van der Waals surface area contributed by atoms with Gasteiger partial charge in [0.15, 0.2) is 0 Å². The van der Waals surface area contributed by atoms with Crippen molar-refractivity contribution < 1.29 is 4.74 Å². The van der Waals surface area contributed by atoms with Crippen molar-refractivity contribution in [3.05, 3.63) is 0 Å². The van der Waals surface area contributed by atoms with Crippen molar-refractivity contribution in [3.63, 3.8) is 0 Å². The summed E-state index contributed by atoms with van der Waals surface area (Å²) in [6, 6.07) is 0. The Morgan fingerprint density at radius 2 is 2.00 bits per heavy atom. The van der Waals surface area contributed by atoms with Gasteiger partial charge in [-0.05, 0) is 47.1 Å². The summed E-state index contributed by atoms with van der Waals surface area (Å²) in [5, 5.41) is 0. The predicted octanol–water partition coefficient (Wildman–Crippen LogP) is -0.0123. The lowest BCUT2D eigenvalue weighted by Gasteiger charge is -2.36. The molecule has 0 amide bonds. The Labute approximate surface area is 93.4 Å². The number of hydrogen-bond acceptors (Lipinski definition) is 4. The molecule has 0 aliphatic carbocycles. The van der Waals surface area contributed by atoms with E-state index in [4.69, 9.17) is 10.5 Å². The van der Waals surface area contributed by atoms with Crippen molar-refractivity contribution >= 4 is 0 Å². The summed E-state index contributed by atoms with van der Waals surface area (Å²) in [5.41, 5.74) is 5.97. The van der Waals surface area contributed by atoms with E-state index in [0.29, 0.717) is 6.54 Å². The molecule has 0 aromatic carbocycles. The largest absolute Gasteiger partial charge is 0.379 e. The quantitative estimate of drug-likeness (QED) is 0.676. The molecule has 1 fully saturated rings. The fraction of sp³-hybridized carbons (Fsp3) is 1.00. The van der Waals surface area contributed by atoms with E-state index in [9.17, 15) is 0 Å². The molecular formula is C11H25N3O. The van der Waals surface area contributed by atoms with Gasteiger partial charge in [-0.25, -0.2) is 0 Å². The first kappa shape index (κ1) is 12.9. The smallest absolute Gasteiger partial charge is 0.0663 e. The van der Waals surface area contributed by atoms with E-state index in [-0.39, 0.29) is 5.54 Å². The molecule has 0 saturated carbocycles. The zero-order valence-electron chi connectivity index (χ0n) is 10.3. The lowest BCUT2D eigenvalue weighted by molar-refractivity contribution is 0.0910. The monoisotopic (exact) mass is 215 g/mol. The number of nitrogens with zero attached hydrogens (tertiary/aromatic N) is 2. The number of likely N-dealkylation sites (N-methyl/N-ethyl adjacent to an activating group) is 1. The minimum Gasteiger partial charge on any atom is -0.379 e. The molecule has 4 heteroatoms. The molecule has 0 aromatic rings. The lowest BCUT2D eigenvalue weighted by Crippen LogP contribution is -2.53. The van der Waals surface area contributed by atoms with Crippen LogP contribution in [0.4, 0.5) is 0 Å². The van der Waals surface area contributed by atoms with Crippen molar-refractivity contribution in [1.82, 2.24) is 9.80 Å². The molecule has 4 nitrogen and oxygen atoms in total. The van der Waals surface area contributed by atoms with Gasteiger partial charge < -0.3 is 15.4 Å². The second-order valence-electron chi connectivity index (χ2n) is 4.81. The van der Waals surface area contributed by atoms with Gasteiger partial charge in [-0.15, -0.1) is 0 Å². The van der Waals surface area contributed by atoms with Crippen LogP contribution in [0.1, 0.15) is 12.8 Å². The van der Waals surface area contributed by atoms with Crippen molar-refractivity contribution in [2.75, 3.05) is 54.0 Å². The molecule has 1 atom stereocenters. The van der Waals surface area contributed by atoms with Crippen LogP contribution in [0.2, 0.25) is 0 Å². The maximum Gasteiger partial charge on any atom is 0.0663 e. The Bertz CT molecular complexity index is 179. The number of rotatable bonds is 6. The van der Waals surface area contributed by atoms with Crippen LogP contribution in [0.5, 0.6) is 0 Å². The van der Waals surface area contributed by atoms with Gasteiger partial charge >= 0.3 is 0 Å². The molecule has 2 N–H and O–H groups in total. The van der Waals surface area contributed by atoms with Crippen molar-refractivity contribution in [1.29, 1.82) is 0 Å². The van der Waals surface area contributed by atoms with Gasteiger partial charge in [0, 0.05) is 13.2 Å². The van der Waals surface area contributed by atoms with Crippen LogP contribution in [-0.4, -0.2) is 69.3 Å². The Balaban J connectivity index is 2.33. The Morgan fingerprint density at radius 1 is 1.27 bits per heavy atom. The summed E-state index contributed by atoms with van der Waals surface area (Å²) >= 11 is 0. The van der Waals surface area contributed by atoms with Gasteiger partial charge in [0.1, 0.15) is 0 Å². The number of nitrogens with two attached hydrogens (primary N) is 1. The first-order valence-electron chi connectivity index (χ1n) is 5.74. The van der Waals surface area contributed by atoms with Gasteiger partial charge in [-0.2, -0.15) is 0 Å². The predicted molar refractivity (Wildman–Crippen MR) is 63.0 cm³/mol. The maximum absolute atomic E-state index is 5.87.